The molecular weight excluding hydrogens is 262 g/mol. The highest BCUT2D eigenvalue weighted by Crippen LogP contribution is 2.15. The van der Waals surface area contributed by atoms with Crippen molar-refractivity contribution >= 4 is 17.2 Å². The molecule has 1 N–H and O–H groups in total. The van der Waals surface area contributed by atoms with E-state index in [1.54, 1.807) is 23.3 Å². The molecule has 0 aliphatic carbocycles. The Bertz CT molecular complexity index is 459. The average Bonchev–Trinajstić information content (AvgIpc) is 2.84. The maximum absolute atomic E-state index is 11.7. The predicted molar refractivity (Wildman–Crippen MR) is 75.9 cm³/mol. The van der Waals surface area contributed by atoms with Crippen molar-refractivity contribution in [1.29, 1.82) is 0 Å². The van der Waals surface area contributed by atoms with Crippen LogP contribution >= 0.6 is 11.3 Å². The lowest BCUT2D eigenvalue weighted by Crippen LogP contribution is -2.29. The quantitative estimate of drug-likeness (QED) is 0.634. The molecule has 0 saturated heterocycles. The molecule has 19 heavy (non-hydrogen) atoms. The SMILES string of the molecule is CCCOCC(=O)N(C)Cc1cc(C#CCO)cs1. The van der Waals surface area contributed by atoms with E-state index in [-0.39, 0.29) is 19.1 Å². The summed E-state index contributed by atoms with van der Waals surface area (Å²) < 4.78 is 5.22. The molecule has 1 aromatic rings. The Labute approximate surface area is 118 Å². The summed E-state index contributed by atoms with van der Waals surface area (Å²) in [6.07, 6.45) is 0.912. The number of hydrogen-bond acceptors (Lipinski definition) is 4. The van der Waals surface area contributed by atoms with Crippen molar-refractivity contribution in [2.75, 3.05) is 26.9 Å². The number of carbonyl (C=O) groups excluding carboxylic acids is 1. The summed E-state index contributed by atoms with van der Waals surface area (Å²) in [6.45, 7) is 3.17. The Morgan fingerprint density at radius 2 is 2.37 bits per heavy atom. The van der Waals surface area contributed by atoms with Gasteiger partial charge in [-0.15, -0.1) is 11.3 Å². The van der Waals surface area contributed by atoms with Crippen LogP contribution in [0.2, 0.25) is 0 Å². The summed E-state index contributed by atoms with van der Waals surface area (Å²) in [5.41, 5.74) is 0.872. The van der Waals surface area contributed by atoms with E-state index in [1.807, 2.05) is 18.4 Å². The summed E-state index contributed by atoms with van der Waals surface area (Å²) in [6, 6.07) is 1.93. The van der Waals surface area contributed by atoms with Crippen molar-refractivity contribution in [3.8, 4) is 11.8 Å². The van der Waals surface area contributed by atoms with Crippen LogP contribution in [0, 0.1) is 11.8 Å². The van der Waals surface area contributed by atoms with Gasteiger partial charge in [0, 0.05) is 29.5 Å². The third-order valence-electron chi connectivity index (χ3n) is 2.36. The maximum Gasteiger partial charge on any atom is 0.248 e. The number of aliphatic hydroxyl groups is 1. The van der Waals surface area contributed by atoms with Crippen LogP contribution in [0.25, 0.3) is 0 Å². The van der Waals surface area contributed by atoms with Crippen molar-refractivity contribution in [1.82, 2.24) is 4.90 Å². The van der Waals surface area contributed by atoms with Crippen molar-refractivity contribution in [3.05, 3.63) is 21.9 Å². The number of amides is 1. The second-order valence-electron chi connectivity index (χ2n) is 4.06. The number of carbonyl (C=O) groups is 1. The van der Waals surface area contributed by atoms with E-state index in [9.17, 15) is 4.79 Å². The van der Waals surface area contributed by atoms with Gasteiger partial charge in [0.1, 0.15) is 13.2 Å². The third kappa shape index (κ3) is 5.88. The largest absolute Gasteiger partial charge is 0.384 e. The number of likely N-dealkylation sites (N-methyl/N-ethyl adjacent to an activating group) is 1. The van der Waals surface area contributed by atoms with Crippen molar-refractivity contribution in [2.24, 2.45) is 0 Å². The zero-order valence-corrected chi connectivity index (χ0v) is 12.1. The average molecular weight is 281 g/mol. The molecule has 5 heteroatoms. The first-order valence-corrected chi connectivity index (χ1v) is 7.04. The normalized spacial score (nSPS) is 9.84. The molecule has 1 rings (SSSR count). The van der Waals surface area contributed by atoms with Crippen LogP contribution in [0.4, 0.5) is 0 Å². The minimum Gasteiger partial charge on any atom is -0.384 e. The van der Waals surface area contributed by atoms with Gasteiger partial charge >= 0.3 is 0 Å². The molecule has 0 aromatic carbocycles. The lowest BCUT2D eigenvalue weighted by atomic mass is 10.3. The Morgan fingerprint density at radius 1 is 1.58 bits per heavy atom. The smallest absolute Gasteiger partial charge is 0.248 e. The molecule has 104 valence electrons. The first kappa shape index (κ1) is 15.7. The number of nitrogens with zero attached hydrogens (tertiary/aromatic N) is 1. The van der Waals surface area contributed by atoms with Crippen molar-refractivity contribution in [2.45, 2.75) is 19.9 Å². The Balaban J connectivity index is 2.45. The highest BCUT2D eigenvalue weighted by Gasteiger charge is 2.10. The number of aliphatic hydroxyl groups excluding tert-OH is 1. The van der Waals surface area contributed by atoms with Crippen LogP contribution in [0.5, 0.6) is 0 Å². The molecule has 1 aromatic heterocycles. The molecule has 0 atom stereocenters. The first-order valence-electron chi connectivity index (χ1n) is 6.16. The van der Waals surface area contributed by atoms with Crippen LogP contribution in [-0.2, 0) is 16.1 Å². The summed E-state index contributed by atoms with van der Waals surface area (Å²) in [5, 5.41) is 10.5. The summed E-state index contributed by atoms with van der Waals surface area (Å²) in [7, 11) is 1.76. The van der Waals surface area contributed by atoms with Crippen molar-refractivity contribution in [3.63, 3.8) is 0 Å². The van der Waals surface area contributed by atoms with Gasteiger partial charge in [-0.2, -0.15) is 0 Å². The van der Waals surface area contributed by atoms with E-state index in [0.717, 1.165) is 16.9 Å². The van der Waals surface area contributed by atoms with Gasteiger partial charge in [-0.1, -0.05) is 18.8 Å². The fraction of sp³-hybridized carbons (Fsp3) is 0.500. The Hall–Kier alpha value is -1.35. The molecule has 4 nitrogen and oxygen atoms in total. The van der Waals surface area contributed by atoms with E-state index in [4.69, 9.17) is 9.84 Å². The third-order valence-corrected chi connectivity index (χ3v) is 3.28. The Morgan fingerprint density at radius 3 is 3.05 bits per heavy atom. The molecular formula is C14H19NO3S. The Kier molecular flexibility index (Phi) is 7.19. The second-order valence-corrected chi connectivity index (χ2v) is 5.06. The standard InChI is InChI=1S/C14H19NO3S/c1-3-7-18-10-14(17)15(2)9-13-8-12(11-19-13)5-4-6-16/h8,11,16H,3,6-7,9-10H2,1-2H3. The minimum atomic E-state index is -0.141. The lowest BCUT2D eigenvalue weighted by molar-refractivity contribution is -0.135. The monoisotopic (exact) mass is 281 g/mol. The molecule has 0 radical (unpaired) electrons. The number of thiophene rings is 1. The highest BCUT2D eigenvalue weighted by molar-refractivity contribution is 7.10. The molecule has 0 saturated carbocycles. The van der Waals surface area contributed by atoms with Gasteiger partial charge in [0.2, 0.25) is 5.91 Å². The van der Waals surface area contributed by atoms with Crippen LogP contribution in [-0.4, -0.2) is 42.8 Å². The molecule has 0 unspecified atom stereocenters. The van der Waals surface area contributed by atoms with Crippen LogP contribution in [0.1, 0.15) is 23.8 Å². The van der Waals surface area contributed by atoms with Gasteiger partial charge in [0.05, 0.1) is 6.54 Å². The summed E-state index contributed by atoms with van der Waals surface area (Å²) >= 11 is 1.56. The van der Waals surface area contributed by atoms with Crippen LogP contribution in [0.15, 0.2) is 11.4 Å². The van der Waals surface area contributed by atoms with Gasteiger partial charge in [-0.25, -0.2) is 0 Å². The topological polar surface area (TPSA) is 49.8 Å². The van der Waals surface area contributed by atoms with Gasteiger partial charge in [0.15, 0.2) is 0 Å². The van der Waals surface area contributed by atoms with Gasteiger partial charge < -0.3 is 14.7 Å². The molecule has 0 aliphatic heterocycles. The van der Waals surface area contributed by atoms with Gasteiger partial charge in [-0.3, -0.25) is 4.79 Å². The van der Waals surface area contributed by atoms with Gasteiger partial charge in [-0.05, 0) is 12.5 Å². The van der Waals surface area contributed by atoms with E-state index in [0.29, 0.717) is 13.2 Å². The number of rotatable bonds is 6. The minimum absolute atomic E-state index is 0.0233. The van der Waals surface area contributed by atoms with E-state index >= 15 is 0 Å². The molecule has 0 fully saturated rings. The zero-order valence-electron chi connectivity index (χ0n) is 11.3. The van der Waals surface area contributed by atoms with E-state index < -0.39 is 0 Å². The molecule has 1 heterocycles. The van der Waals surface area contributed by atoms with E-state index in [1.165, 1.54) is 0 Å². The van der Waals surface area contributed by atoms with Gasteiger partial charge in [0.25, 0.3) is 0 Å². The zero-order chi connectivity index (χ0) is 14.1. The van der Waals surface area contributed by atoms with Crippen LogP contribution in [0.3, 0.4) is 0 Å². The van der Waals surface area contributed by atoms with Crippen molar-refractivity contribution < 1.29 is 14.6 Å². The maximum atomic E-state index is 11.7. The molecule has 0 spiro atoms. The molecule has 0 bridgehead atoms. The number of hydrogen-bond donors (Lipinski definition) is 1. The first-order chi connectivity index (χ1) is 9.17. The van der Waals surface area contributed by atoms with Crippen LogP contribution < -0.4 is 0 Å². The lowest BCUT2D eigenvalue weighted by Gasteiger charge is -2.15. The fourth-order valence-electron chi connectivity index (χ4n) is 1.41. The number of ether oxygens (including phenoxy) is 1. The highest BCUT2D eigenvalue weighted by atomic mass is 32.1. The summed E-state index contributed by atoms with van der Waals surface area (Å²) in [4.78, 5) is 14.5. The predicted octanol–water partition coefficient (Wildman–Crippen LogP) is 1.48. The second kappa shape index (κ2) is 8.70. The summed E-state index contributed by atoms with van der Waals surface area (Å²) in [5.74, 6) is 5.42. The molecule has 0 aliphatic rings. The fourth-order valence-corrected chi connectivity index (χ4v) is 2.28. The molecule has 1 amide bonds. The van der Waals surface area contributed by atoms with E-state index in [2.05, 4.69) is 11.8 Å².